The summed E-state index contributed by atoms with van der Waals surface area (Å²) in [5.74, 6) is -1.59. The number of primary sulfonamides is 1. The molecule has 1 saturated heterocycles. The maximum absolute atomic E-state index is 12.1. The smallest absolute Gasteiger partial charge is 0.270 e. The van der Waals surface area contributed by atoms with E-state index >= 15 is 0 Å². The van der Waals surface area contributed by atoms with Gasteiger partial charge in [0.25, 0.3) is 5.69 Å². The molecule has 0 radical (unpaired) electrons. The van der Waals surface area contributed by atoms with E-state index in [1.54, 1.807) is 0 Å². The van der Waals surface area contributed by atoms with E-state index in [1.807, 2.05) is 0 Å². The quantitative estimate of drug-likeness (QED) is 0.468. The van der Waals surface area contributed by atoms with E-state index in [0.29, 0.717) is 0 Å². The predicted molar refractivity (Wildman–Crippen MR) is 81.5 cm³/mol. The molecule has 1 atom stereocenters. The third-order valence-electron chi connectivity index (χ3n) is 3.53. The molecule has 2 rings (SSSR count). The van der Waals surface area contributed by atoms with E-state index in [-0.39, 0.29) is 41.6 Å². The standard InChI is InChI=1S/C13H15N3O6S/c1-8(17)11-5-10(16(19)20)2-3-12(11)15-6-9(4-13(15)18)7-23(14,21)22/h2-3,5,9H,4,6-7H2,1H3,(H2,14,21,22). The number of Topliss-reactive ketones (excluding diaryl/α,β-unsaturated/α-hetero) is 1. The Bertz CT molecular complexity index is 789. The zero-order valence-corrected chi connectivity index (χ0v) is 13.1. The van der Waals surface area contributed by atoms with Crippen LogP contribution in [0.25, 0.3) is 0 Å². The third-order valence-corrected chi connectivity index (χ3v) is 4.47. The van der Waals surface area contributed by atoms with Crippen LogP contribution in [0, 0.1) is 16.0 Å². The number of sulfonamides is 1. The van der Waals surface area contributed by atoms with E-state index < -0.39 is 26.6 Å². The second kappa shape index (κ2) is 6.05. The predicted octanol–water partition coefficient (Wildman–Crippen LogP) is 0.439. The van der Waals surface area contributed by atoms with Crippen molar-refractivity contribution in [2.75, 3.05) is 17.2 Å². The first-order chi connectivity index (χ1) is 10.6. The summed E-state index contributed by atoms with van der Waals surface area (Å²) in [5, 5.41) is 15.8. The monoisotopic (exact) mass is 341 g/mol. The molecule has 10 heteroatoms. The molecule has 1 aliphatic heterocycles. The van der Waals surface area contributed by atoms with Gasteiger partial charge in [0.15, 0.2) is 5.78 Å². The average molecular weight is 341 g/mol. The van der Waals surface area contributed by atoms with Crippen molar-refractivity contribution < 1.29 is 22.9 Å². The lowest BCUT2D eigenvalue weighted by Gasteiger charge is -2.19. The van der Waals surface area contributed by atoms with Gasteiger partial charge in [0.1, 0.15) is 0 Å². The van der Waals surface area contributed by atoms with Crippen LogP contribution in [0.3, 0.4) is 0 Å². The fraction of sp³-hybridized carbons (Fsp3) is 0.385. The van der Waals surface area contributed by atoms with Crippen molar-refractivity contribution in [3.63, 3.8) is 0 Å². The van der Waals surface area contributed by atoms with Crippen molar-refractivity contribution >= 4 is 33.1 Å². The number of amides is 1. The summed E-state index contributed by atoms with van der Waals surface area (Å²) in [7, 11) is -3.72. The molecule has 1 amide bonds. The van der Waals surface area contributed by atoms with Crippen LogP contribution in [-0.4, -0.2) is 37.3 Å². The number of nitro groups is 1. The Hall–Kier alpha value is -2.33. The number of nitro benzene ring substituents is 1. The summed E-state index contributed by atoms with van der Waals surface area (Å²) in [6, 6.07) is 3.63. The van der Waals surface area contributed by atoms with E-state index in [4.69, 9.17) is 5.14 Å². The highest BCUT2D eigenvalue weighted by Crippen LogP contribution is 2.31. The third kappa shape index (κ3) is 3.90. The molecule has 2 N–H and O–H groups in total. The van der Waals surface area contributed by atoms with Gasteiger partial charge in [-0.1, -0.05) is 0 Å². The normalized spacial score (nSPS) is 18.3. The van der Waals surface area contributed by atoms with Crippen molar-refractivity contribution in [1.29, 1.82) is 0 Å². The highest BCUT2D eigenvalue weighted by Gasteiger charge is 2.34. The van der Waals surface area contributed by atoms with Crippen LogP contribution in [-0.2, 0) is 14.8 Å². The second-order valence-corrected chi connectivity index (χ2v) is 7.08. The maximum atomic E-state index is 12.1. The van der Waals surface area contributed by atoms with Crippen molar-refractivity contribution in [3.8, 4) is 0 Å². The van der Waals surface area contributed by atoms with E-state index in [1.165, 1.54) is 24.0 Å². The van der Waals surface area contributed by atoms with Crippen LogP contribution in [0.4, 0.5) is 11.4 Å². The molecule has 0 spiro atoms. The highest BCUT2D eigenvalue weighted by atomic mass is 32.2. The van der Waals surface area contributed by atoms with Crippen LogP contribution in [0.15, 0.2) is 18.2 Å². The number of non-ortho nitro benzene ring substituents is 1. The van der Waals surface area contributed by atoms with Gasteiger partial charge in [0, 0.05) is 36.6 Å². The van der Waals surface area contributed by atoms with Crippen LogP contribution in [0.2, 0.25) is 0 Å². The van der Waals surface area contributed by atoms with Gasteiger partial charge in [-0.05, 0) is 13.0 Å². The van der Waals surface area contributed by atoms with Gasteiger partial charge in [-0.3, -0.25) is 19.7 Å². The molecule has 0 aliphatic carbocycles. The Balaban J connectivity index is 2.36. The second-order valence-electron chi connectivity index (χ2n) is 5.42. The number of nitrogens with two attached hydrogens (primary N) is 1. The number of anilines is 1. The first-order valence-electron chi connectivity index (χ1n) is 6.68. The van der Waals surface area contributed by atoms with Crippen molar-refractivity contribution in [1.82, 2.24) is 0 Å². The molecule has 1 aromatic carbocycles. The maximum Gasteiger partial charge on any atom is 0.270 e. The highest BCUT2D eigenvalue weighted by molar-refractivity contribution is 7.89. The van der Waals surface area contributed by atoms with Crippen molar-refractivity contribution in [3.05, 3.63) is 33.9 Å². The minimum absolute atomic E-state index is 0.00916. The molecular weight excluding hydrogens is 326 g/mol. The molecule has 0 bridgehead atoms. The van der Waals surface area contributed by atoms with E-state index in [2.05, 4.69) is 0 Å². The summed E-state index contributed by atoms with van der Waals surface area (Å²) in [4.78, 5) is 35.3. The summed E-state index contributed by atoms with van der Waals surface area (Å²) < 4.78 is 22.3. The number of hydrogen-bond acceptors (Lipinski definition) is 6. The average Bonchev–Trinajstić information content (AvgIpc) is 2.76. The Kier molecular flexibility index (Phi) is 4.48. The number of ketones is 1. The Labute approximate surface area is 132 Å². The molecule has 1 aliphatic rings. The fourth-order valence-electron chi connectivity index (χ4n) is 2.61. The Morgan fingerprint density at radius 2 is 2.13 bits per heavy atom. The van der Waals surface area contributed by atoms with Gasteiger partial charge in [0.2, 0.25) is 15.9 Å². The summed E-state index contributed by atoms with van der Waals surface area (Å²) in [5.41, 5.74) is 0.0282. The molecule has 1 fully saturated rings. The number of benzene rings is 1. The van der Waals surface area contributed by atoms with Gasteiger partial charge in [0.05, 0.1) is 16.4 Å². The van der Waals surface area contributed by atoms with Gasteiger partial charge in [-0.15, -0.1) is 0 Å². The lowest BCUT2D eigenvalue weighted by Crippen LogP contribution is -2.28. The van der Waals surface area contributed by atoms with E-state index in [9.17, 15) is 28.1 Å². The SMILES string of the molecule is CC(=O)c1cc([N+](=O)[O-])ccc1N1CC(CS(N)(=O)=O)CC1=O. The molecule has 1 unspecified atom stereocenters. The number of carbonyl (C=O) groups excluding carboxylic acids is 2. The van der Waals surface area contributed by atoms with Gasteiger partial charge in [-0.25, -0.2) is 13.6 Å². The molecule has 0 aromatic heterocycles. The summed E-state index contributed by atoms with van der Waals surface area (Å²) in [6.07, 6.45) is -0.00916. The minimum atomic E-state index is -3.72. The largest absolute Gasteiger partial charge is 0.311 e. The van der Waals surface area contributed by atoms with Crippen LogP contribution in [0.5, 0.6) is 0 Å². The number of nitrogens with zero attached hydrogens (tertiary/aromatic N) is 2. The van der Waals surface area contributed by atoms with Gasteiger partial charge < -0.3 is 4.90 Å². The van der Waals surface area contributed by atoms with E-state index in [0.717, 1.165) is 6.07 Å². The van der Waals surface area contributed by atoms with Crippen LogP contribution in [0.1, 0.15) is 23.7 Å². The number of rotatable bonds is 5. The Morgan fingerprint density at radius 1 is 1.48 bits per heavy atom. The summed E-state index contributed by atoms with van der Waals surface area (Å²) in [6.45, 7) is 1.33. The molecule has 1 heterocycles. The molecule has 1 aromatic rings. The molecule has 9 nitrogen and oxygen atoms in total. The zero-order valence-electron chi connectivity index (χ0n) is 12.3. The van der Waals surface area contributed by atoms with Crippen LogP contribution >= 0.6 is 0 Å². The fourth-order valence-corrected chi connectivity index (χ4v) is 3.49. The number of carbonyl (C=O) groups is 2. The molecule has 23 heavy (non-hydrogen) atoms. The molecule has 124 valence electrons. The lowest BCUT2D eigenvalue weighted by atomic mass is 10.1. The van der Waals surface area contributed by atoms with Crippen molar-refractivity contribution in [2.24, 2.45) is 11.1 Å². The minimum Gasteiger partial charge on any atom is -0.311 e. The Morgan fingerprint density at radius 3 is 2.65 bits per heavy atom. The molecule has 0 saturated carbocycles. The van der Waals surface area contributed by atoms with Gasteiger partial charge in [-0.2, -0.15) is 0 Å². The zero-order chi connectivity index (χ0) is 17.4. The van der Waals surface area contributed by atoms with Crippen LogP contribution < -0.4 is 10.0 Å². The summed E-state index contributed by atoms with van der Waals surface area (Å²) >= 11 is 0. The molecular formula is C13H15N3O6S. The topological polar surface area (TPSA) is 141 Å². The lowest BCUT2D eigenvalue weighted by molar-refractivity contribution is -0.384. The van der Waals surface area contributed by atoms with Gasteiger partial charge >= 0.3 is 0 Å². The van der Waals surface area contributed by atoms with Crippen molar-refractivity contribution in [2.45, 2.75) is 13.3 Å². The number of hydrogen-bond donors (Lipinski definition) is 1. The first-order valence-corrected chi connectivity index (χ1v) is 8.40. The first kappa shape index (κ1) is 17.0.